The van der Waals surface area contributed by atoms with Crippen LogP contribution in [0.15, 0.2) is 36.4 Å². The standard InChI is InChI=1S/C20H25NO6/c1-5-26-10-11-27-16-8-6-15(7-9-16)21-20(22)14-12-17(23-2)19(25-4)18(13-14)24-3/h6-9,12-13H,5,10-11H2,1-4H3,(H,21,22). The van der Waals surface area contributed by atoms with Gasteiger partial charge in [0.25, 0.3) is 5.91 Å². The molecule has 0 saturated heterocycles. The number of methoxy groups -OCH3 is 3. The summed E-state index contributed by atoms with van der Waals surface area (Å²) in [5.41, 5.74) is 1.03. The largest absolute Gasteiger partial charge is 0.493 e. The highest BCUT2D eigenvalue weighted by molar-refractivity contribution is 6.05. The zero-order chi connectivity index (χ0) is 19.6. The summed E-state index contributed by atoms with van der Waals surface area (Å²) in [6, 6.07) is 10.3. The van der Waals surface area contributed by atoms with E-state index in [2.05, 4.69) is 5.32 Å². The van der Waals surface area contributed by atoms with E-state index in [1.54, 1.807) is 36.4 Å². The third-order valence-electron chi connectivity index (χ3n) is 3.74. The summed E-state index contributed by atoms with van der Waals surface area (Å²) in [5, 5.41) is 2.83. The average molecular weight is 375 g/mol. The van der Waals surface area contributed by atoms with Crippen molar-refractivity contribution in [2.75, 3.05) is 46.5 Å². The summed E-state index contributed by atoms with van der Waals surface area (Å²) < 4.78 is 26.6. The second-order valence-corrected chi connectivity index (χ2v) is 5.44. The van der Waals surface area contributed by atoms with Gasteiger partial charge in [-0.2, -0.15) is 0 Å². The molecule has 7 heteroatoms. The summed E-state index contributed by atoms with van der Waals surface area (Å²) in [6.07, 6.45) is 0. The SMILES string of the molecule is CCOCCOc1ccc(NC(=O)c2cc(OC)c(OC)c(OC)c2)cc1. The van der Waals surface area contributed by atoms with Gasteiger partial charge < -0.3 is 29.0 Å². The molecule has 0 aromatic heterocycles. The van der Waals surface area contributed by atoms with Gasteiger partial charge >= 0.3 is 0 Å². The number of nitrogens with one attached hydrogen (secondary N) is 1. The van der Waals surface area contributed by atoms with E-state index < -0.39 is 0 Å². The number of benzene rings is 2. The van der Waals surface area contributed by atoms with Crippen molar-refractivity contribution in [3.05, 3.63) is 42.0 Å². The quantitative estimate of drug-likeness (QED) is 0.642. The number of amides is 1. The summed E-state index contributed by atoms with van der Waals surface area (Å²) in [5.74, 6) is 1.69. The van der Waals surface area contributed by atoms with Crippen molar-refractivity contribution in [1.82, 2.24) is 0 Å². The monoisotopic (exact) mass is 375 g/mol. The molecule has 2 aromatic carbocycles. The smallest absolute Gasteiger partial charge is 0.255 e. The minimum absolute atomic E-state index is 0.292. The van der Waals surface area contributed by atoms with Crippen molar-refractivity contribution in [3.63, 3.8) is 0 Å². The fraction of sp³-hybridized carbons (Fsp3) is 0.350. The highest BCUT2D eigenvalue weighted by Crippen LogP contribution is 2.38. The van der Waals surface area contributed by atoms with Crippen molar-refractivity contribution in [2.24, 2.45) is 0 Å². The van der Waals surface area contributed by atoms with E-state index in [1.807, 2.05) is 6.92 Å². The van der Waals surface area contributed by atoms with Crippen molar-refractivity contribution in [2.45, 2.75) is 6.92 Å². The van der Waals surface area contributed by atoms with Crippen LogP contribution < -0.4 is 24.3 Å². The first-order chi connectivity index (χ1) is 13.1. The fourth-order valence-electron chi connectivity index (χ4n) is 2.41. The summed E-state index contributed by atoms with van der Waals surface area (Å²) in [4.78, 5) is 12.6. The highest BCUT2D eigenvalue weighted by Gasteiger charge is 2.17. The molecule has 0 radical (unpaired) electrons. The molecule has 0 aliphatic rings. The van der Waals surface area contributed by atoms with Crippen LogP contribution in [0.2, 0.25) is 0 Å². The van der Waals surface area contributed by atoms with Crippen molar-refractivity contribution in [3.8, 4) is 23.0 Å². The Morgan fingerprint density at radius 1 is 0.926 bits per heavy atom. The van der Waals surface area contributed by atoms with Gasteiger partial charge in [0.1, 0.15) is 12.4 Å². The lowest BCUT2D eigenvalue weighted by molar-refractivity contribution is 0.102. The van der Waals surface area contributed by atoms with Crippen LogP contribution in [0.25, 0.3) is 0 Å². The number of carbonyl (C=O) groups excluding carboxylic acids is 1. The molecule has 0 bridgehead atoms. The molecule has 0 atom stereocenters. The Labute approximate surface area is 159 Å². The third kappa shape index (κ3) is 5.52. The minimum atomic E-state index is -0.292. The van der Waals surface area contributed by atoms with Gasteiger partial charge in [0.2, 0.25) is 5.75 Å². The molecule has 0 aliphatic heterocycles. The molecule has 27 heavy (non-hydrogen) atoms. The van der Waals surface area contributed by atoms with Crippen molar-refractivity contribution in [1.29, 1.82) is 0 Å². The molecular formula is C20H25NO6. The molecule has 0 spiro atoms. The number of anilines is 1. The number of ether oxygens (including phenoxy) is 5. The zero-order valence-corrected chi connectivity index (χ0v) is 16.0. The van der Waals surface area contributed by atoms with Gasteiger partial charge in [-0.1, -0.05) is 0 Å². The van der Waals surface area contributed by atoms with E-state index >= 15 is 0 Å². The van der Waals surface area contributed by atoms with Gasteiger partial charge in [0.15, 0.2) is 11.5 Å². The van der Waals surface area contributed by atoms with Crippen LogP contribution in [0.1, 0.15) is 17.3 Å². The van der Waals surface area contributed by atoms with E-state index in [0.717, 1.165) is 0 Å². The molecule has 0 fully saturated rings. The van der Waals surface area contributed by atoms with Crippen LogP contribution in [0.3, 0.4) is 0 Å². The summed E-state index contributed by atoms with van der Waals surface area (Å²) >= 11 is 0. The van der Waals surface area contributed by atoms with Crippen molar-refractivity contribution < 1.29 is 28.5 Å². The van der Waals surface area contributed by atoms with Gasteiger partial charge in [0.05, 0.1) is 27.9 Å². The first-order valence-electron chi connectivity index (χ1n) is 8.54. The predicted octanol–water partition coefficient (Wildman–Crippen LogP) is 3.38. The number of hydrogen-bond donors (Lipinski definition) is 1. The van der Waals surface area contributed by atoms with Crippen LogP contribution in [-0.2, 0) is 4.74 Å². The van der Waals surface area contributed by atoms with E-state index in [0.29, 0.717) is 54.1 Å². The molecule has 1 N–H and O–H groups in total. The first-order valence-corrected chi connectivity index (χ1v) is 8.54. The molecule has 0 heterocycles. The van der Waals surface area contributed by atoms with Gasteiger partial charge in [-0.05, 0) is 43.3 Å². The number of carbonyl (C=O) groups is 1. The molecule has 7 nitrogen and oxygen atoms in total. The molecule has 0 unspecified atom stereocenters. The van der Waals surface area contributed by atoms with Crippen molar-refractivity contribution >= 4 is 11.6 Å². The van der Waals surface area contributed by atoms with Crippen LogP contribution >= 0.6 is 0 Å². The number of hydrogen-bond acceptors (Lipinski definition) is 6. The van der Waals surface area contributed by atoms with Crippen LogP contribution in [0.5, 0.6) is 23.0 Å². The second kappa shape index (κ2) is 10.3. The average Bonchev–Trinajstić information content (AvgIpc) is 2.71. The number of rotatable bonds is 10. The summed E-state index contributed by atoms with van der Waals surface area (Å²) in [7, 11) is 4.52. The van der Waals surface area contributed by atoms with E-state index in [-0.39, 0.29) is 5.91 Å². The minimum Gasteiger partial charge on any atom is -0.493 e. The predicted molar refractivity (Wildman–Crippen MR) is 102 cm³/mol. The maximum Gasteiger partial charge on any atom is 0.255 e. The van der Waals surface area contributed by atoms with Crippen LogP contribution in [-0.4, -0.2) is 47.1 Å². The lowest BCUT2D eigenvalue weighted by Gasteiger charge is -2.14. The maximum absolute atomic E-state index is 12.6. The van der Waals surface area contributed by atoms with E-state index in [4.69, 9.17) is 23.7 Å². The van der Waals surface area contributed by atoms with Crippen LogP contribution in [0.4, 0.5) is 5.69 Å². The third-order valence-corrected chi connectivity index (χ3v) is 3.74. The maximum atomic E-state index is 12.6. The van der Waals surface area contributed by atoms with Gasteiger partial charge in [0, 0.05) is 17.9 Å². The summed E-state index contributed by atoms with van der Waals surface area (Å²) in [6.45, 7) is 3.61. The molecule has 0 aliphatic carbocycles. The Morgan fingerprint density at radius 3 is 2.07 bits per heavy atom. The Bertz CT molecular complexity index is 720. The molecule has 2 aromatic rings. The first kappa shape index (κ1) is 20.4. The molecular weight excluding hydrogens is 350 g/mol. The molecule has 0 saturated carbocycles. The van der Waals surface area contributed by atoms with Gasteiger partial charge in [-0.3, -0.25) is 4.79 Å². The van der Waals surface area contributed by atoms with E-state index in [1.165, 1.54) is 21.3 Å². The van der Waals surface area contributed by atoms with E-state index in [9.17, 15) is 4.79 Å². The topological polar surface area (TPSA) is 75.3 Å². The Kier molecular flexibility index (Phi) is 7.76. The van der Waals surface area contributed by atoms with Crippen LogP contribution in [0, 0.1) is 0 Å². The molecule has 146 valence electrons. The second-order valence-electron chi connectivity index (χ2n) is 5.44. The molecule has 2 rings (SSSR count). The Morgan fingerprint density at radius 2 is 1.56 bits per heavy atom. The fourth-order valence-corrected chi connectivity index (χ4v) is 2.41. The Balaban J connectivity index is 2.06. The van der Waals surface area contributed by atoms with Gasteiger partial charge in [-0.25, -0.2) is 0 Å². The molecule has 1 amide bonds. The lowest BCUT2D eigenvalue weighted by atomic mass is 10.1. The Hall–Kier alpha value is -2.93. The highest BCUT2D eigenvalue weighted by atomic mass is 16.5. The van der Waals surface area contributed by atoms with Gasteiger partial charge in [-0.15, -0.1) is 0 Å². The lowest BCUT2D eigenvalue weighted by Crippen LogP contribution is -2.12. The normalized spacial score (nSPS) is 10.2. The zero-order valence-electron chi connectivity index (χ0n) is 16.0.